The van der Waals surface area contributed by atoms with Crippen LogP contribution in [0.15, 0.2) is 24.3 Å². The number of hydrogen-bond acceptors (Lipinski definition) is 2. The molecule has 20 heavy (non-hydrogen) atoms. The minimum Gasteiger partial charge on any atom is -0.352 e. The maximum atomic E-state index is 11.7. The summed E-state index contributed by atoms with van der Waals surface area (Å²) in [5, 5.41) is 2.95. The van der Waals surface area contributed by atoms with E-state index in [4.69, 9.17) is 5.73 Å². The van der Waals surface area contributed by atoms with Crippen LogP contribution < -0.4 is 11.1 Å². The van der Waals surface area contributed by atoms with Crippen molar-refractivity contribution in [1.29, 1.82) is 0 Å². The van der Waals surface area contributed by atoms with Crippen LogP contribution in [0.5, 0.6) is 0 Å². The van der Waals surface area contributed by atoms with E-state index < -0.39 is 0 Å². The Morgan fingerprint density at radius 2 is 2.15 bits per heavy atom. The molecule has 3 heteroatoms. The van der Waals surface area contributed by atoms with Crippen LogP contribution in [0.4, 0.5) is 0 Å². The lowest BCUT2D eigenvalue weighted by Crippen LogP contribution is -2.22. The molecule has 0 heterocycles. The van der Waals surface area contributed by atoms with E-state index in [1.54, 1.807) is 0 Å². The van der Waals surface area contributed by atoms with Crippen LogP contribution in [0.25, 0.3) is 0 Å². The molecule has 0 aromatic heterocycles. The molecule has 0 aliphatic heterocycles. The highest BCUT2D eigenvalue weighted by Crippen LogP contribution is 2.05. The van der Waals surface area contributed by atoms with Gasteiger partial charge in [0.25, 0.3) is 0 Å². The van der Waals surface area contributed by atoms with Crippen LogP contribution >= 0.6 is 0 Å². The van der Waals surface area contributed by atoms with Crippen LogP contribution in [0.1, 0.15) is 50.2 Å². The zero-order valence-corrected chi connectivity index (χ0v) is 12.2. The average molecular weight is 272 g/mol. The minimum absolute atomic E-state index is 0.125. The minimum atomic E-state index is 0.125. The first kappa shape index (κ1) is 16.3. The third-order valence-electron chi connectivity index (χ3n) is 3.01. The summed E-state index contributed by atoms with van der Waals surface area (Å²) in [5.74, 6) is 5.94. The van der Waals surface area contributed by atoms with Gasteiger partial charge in [0.2, 0.25) is 5.91 Å². The van der Waals surface area contributed by atoms with E-state index in [1.165, 1.54) is 12.8 Å². The van der Waals surface area contributed by atoms with Gasteiger partial charge >= 0.3 is 0 Å². The van der Waals surface area contributed by atoms with Gasteiger partial charge in [-0.2, -0.15) is 0 Å². The van der Waals surface area contributed by atoms with Crippen molar-refractivity contribution in [3.63, 3.8) is 0 Å². The van der Waals surface area contributed by atoms with Gasteiger partial charge in [0.15, 0.2) is 0 Å². The summed E-state index contributed by atoms with van der Waals surface area (Å²) >= 11 is 0. The molecule has 0 aliphatic carbocycles. The molecule has 0 aliphatic rings. The molecule has 0 fully saturated rings. The number of nitrogens with two attached hydrogens (primary N) is 1. The average Bonchev–Trinajstić information content (AvgIpc) is 2.48. The molecular formula is C17H24N2O. The summed E-state index contributed by atoms with van der Waals surface area (Å²) in [5.41, 5.74) is 7.35. The third-order valence-corrected chi connectivity index (χ3v) is 3.01. The molecule has 0 saturated heterocycles. The molecule has 0 atom stereocenters. The quantitative estimate of drug-likeness (QED) is 0.592. The Labute approximate surface area is 121 Å². The maximum Gasteiger partial charge on any atom is 0.220 e. The molecule has 1 aromatic rings. The third kappa shape index (κ3) is 6.96. The molecule has 3 N–H and O–H groups in total. The van der Waals surface area contributed by atoms with Crippen LogP contribution in [0.3, 0.4) is 0 Å². The van der Waals surface area contributed by atoms with Gasteiger partial charge in [0.05, 0.1) is 6.54 Å². The van der Waals surface area contributed by atoms with Crippen LogP contribution in [-0.4, -0.2) is 12.5 Å². The fourth-order valence-electron chi connectivity index (χ4n) is 1.91. The first-order valence-corrected chi connectivity index (χ1v) is 7.31. The Hall–Kier alpha value is -1.79. The first-order chi connectivity index (χ1) is 9.76. The van der Waals surface area contributed by atoms with Crippen LogP contribution in [0.2, 0.25) is 0 Å². The molecule has 1 aromatic carbocycles. The summed E-state index contributed by atoms with van der Waals surface area (Å²) in [7, 11) is 0. The number of rotatable bonds is 7. The number of unbranched alkanes of at least 4 members (excludes halogenated alkanes) is 3. The summed E-state index contributed by atoms with van der Waals surface area (Å²) in [6.07, 6.45) is 5.12. The van der Waals surface area contributed by atoms with Crippen LogP contribution in [0, 0.1) is 11.8 Å². The van der Waals surface area contributed by atoms with Crippen molar-refractivity contribution >= 4 is 5.91 Å². The largest absolute Gasteiger partial charge is 0.352 e. The topological polar surface area (TPSA) is 55.1 Å². The smallest absolute Gasteiger partial charge is 0.220 e. The SMILES string of the molecule is CCCCCCC(=O)NCc1cccc(C#CCN)c1. The van der Waals surface area contributed by atoms with Gasteiger partial charge in [0, 0.05) is 18.5 Å². The van der Waals surface area contributed by atoms with E-state index in [1.807, 2.05) is 24.3 Å². The lowest BCUT2D eigenvalue weighted by Gasteiger charge is -2.05. The van der Waals surface area contributed by atoms with Gasteiger partial charge in [-0.3, -0.25) is 4.79 Å². The zero-order valence-electron chi connectivity index (χ0n) is 12.2. The summed E-state index contributed by atoms with van der Waals surface area (Å²) in [6, 6.07) is 7.87. The van der Waals surface area contributed by atoms with Crippen molar-refractivity contribution in [2.75, 3.05) is 6.54 Å². The number of carbonyl (C=O) groups excluding carboxylic acids is 1. The molecular weight excluding hydrogens is 248 g/mol. The van der Waals surface area contributed by atoms with Gasteiger partial charge < -0.3 is 11.1 Å². The molecule has 0 spiro atoms. The molecule has 108 valence electrons. The van der Waals surface area contributed by atoms with Crippen LogP contribution in [-0.2, 0) is 11.3 Å². The maximum absolute atomic E-state index is 11.7. The van der Waals surface area contributed by atoms with Crippen molar-refractivity contribution in [2.45, 2.75) is 45.6 Å². The Morgan fingerprint density at radius 3 is 2.90 bits per heavy atom. The first-order valence-electron chi connectivity index (χ1n) is 7.31. The van der Waals surface area contributed by atoms with E-state index in [-0.39, 0.29) is 5.91 Å². The van der Waals surface area contributed by atoms with E-state index in [9.17, 15) is 4.79 Å². The van der Waals surface area contributed by atoms with Gasteiger partial charge in [-0.05, 0) is 24.1 Å². The van der Waals surface area contributed by atoms with Crippen molar-refractivity contribution in [3.8, 4) is 11.8 Å². The summed E-state index contributed by atoms with van der Waals surface area (Å²) < 4.78 is 0. The number of benzene rings is 1. The van der Waals surface area contributed by atoms with E-state index in [2.05, 4.69) is 24.1 Å². The molecule has 0 bridgehead atoms. The number of hydrogen-bond donors (Lipinski definition) is 2. The van der Waals surface area contributed by atoms with Crippen molar-refractivity contribution in [1.82, 2.24) is 5.32 Å². The Balaban J connectivity index is 2.35. The van der Waals surface area contributed by atoms with E-state index >= 15 is 0 Å². The molecule has 3 nitrogen and oxygen atoms in total. The highest BCUT2D eigenvalue weighted by Gasteiger charge is 2.01. The Kier molecular flexibility index (Phi) is 8.17. The monoisotopic (exact) mass is 272 g/mol. The second-order valence-electron chi connectivity index (χ2n) is 4.79. The zero-order chi connectivity index (χ0) is 14.6. The number of carbonyl (C=O) groups is 1. The summed E-state index contributed by atoms with van der Waals surface area (Å²) in [4.78, 5) is 11.7. The van der Waals surface area contributed by atoms with Gasteiger partial charge in [-0.25, -0.2) is 0 Å². The second-order valence-corrected chi connectivity index (χ2v) is 4.79. The fourth-order valence-corrected chi connectivity index (χ4v) is 1.91. The number of amides is 1. The van der Waals surface area contributed by atoms with Crippen molar-refractivity contribution < 1.29 is 4.79 Å². The van der Waals surface area contributed by atoms with Gasteiger partial charge in [-0.15, -0.1) is 0 Å². The molecule has 1 amide bonds. The standard InChI is InChI=1S/C17H24N2O/c1-2-3-4-5-11-17(20)19-14-16-9-6-8-15(13-16)10-7-12-18/h6,8-9,13H,2-5,11-12,14,18H2,1H3,(H,19,20). The van der Waals surface area contributed by atoms with Crippen molar-refractivity contribution in [3.05, 3.63) is 35.4 Å². The summed E-state index contributed by atoms with van der Waals surface area (Å²) in [6.45, 7) is 3.09. The lowest BCUT2D eigenvalue weighted by atomic mass is 10.1. The predicted molar refractivity (Wildman–Crippen MR) is 83.0 cm³/mol. The molecule has 0 radical (unpaired) electrons. The highest BCUT2D eigenvalue weighted by molar-refractivity contribution is 5.75. The molecule has 0 saturated carbocycles. The van der Waals surface area contributed by atoms with Gasteiger partial charge in [-0.1, -0.05) is 50.2 Å². The highest BCUT2D eigenvalue weighted by atomic mass is 16.1. The Morgan fingerprint density at radius 1 is 1.30 bits per heavy atom. The second kappa shape index (κ2) is 10.1. The molecule has 0 unspecified atom stereocenters. The van der Waals surface area contributed by atoms with E-state index in [0.29, 0.717) is 19.5 Å². The Bertz CT molecular complexity index is 471. The van der Waals surface area contributed by atoms with Gasteiger partial charge in [0.1, 0.15) is 0 Å². The fraction of sp³-hybridized carbons (Fsp3) is 0.471. The molecule has 1 rings (SSSR count). The van der Waals surface area contributed by atoms with Crippen molar-refractivity contribution in [2.24, 2.45) is 5.73 Å². The lowest BCUT2D eigenvalue weighted by molar-refractivity contribution is -0.121. The normalized spacial score (nSPS) is 9.70. The van der Waals surface area contributed by atoms with E-state index in [0.717, 1.165) is 24.0 Å². The number of nitrogens with one attached hydrogen (secondary N) is 1. The predicted octanol–water partition coefficient (Wildman–Crippen LogP) is 2.58.